The largest absolute Gasteiger partial charge is 0.497 e. The highest BCUT2D eigenvalue weighted by atomic mass is 19.4. The van der Waals surface area contributed by atoms with E-state index in [1.165, 1.54) is 14.2 Å². The molecule has 4 aromatic rings. The van der Waals surface area contributed by atoms with Crippen molar-refractivity contribution in [1.82, 2.24) is 14.6 Å². The third-order valence-electron chi connectivity index (χ3n) is 4.72. The maximum atomic E-state index is 13.8. The number of hydrogen-bond donors (Lipinski definition) is 1. The summed E-state index contributed by atoms with van der Waals surface area (Å²) in [5.74, 6) is 0.413. The molecule has 0 aliphatic heterocycles. The van der Waals surface area contributed by atoms with Gasteiger partial charge in [-0.05, 0) is 42.5 Å². The lowest BCUT2D eigenvalue weighted by Crippen LogP contribution is -2.15. The molecule has 0 aliphatic rings. The molecular formula is C22H17F3N4O3. The van der Waals surface area contributed by atoms with Crippen LogP contribution in [0.4, 0.5) is 18.9 Å². The molecule has 2 heterocycles. The van der Waals surface area contributed by atoms with Gasteiger partial charge in [-0.2, -0.15) is 18.3 Å². The zero-order valence-corrected chi connectivity index (χ0v) is 17.0. The van der Waals surface area contributed by atoms with E-state index in [0.717, 1.165) is 12.3 Å². The van der Waals surface area contributed by atoms with E-state index < -0.39 is 17.8 Å². The molecule has 1 amide bonds. The fraction of sp³-hybridized carbons (Fsp3) is 0.136. The van der Waals surface area contributed by atoms with Gasteiger partial charge in [-0.15, -0.1) is 0 Å². The number of aromatic nitrogens is 3. The highest BCUT2D eigenvalue weighted by Gasteiger charge is 2.36. The van der Waals surface area contributed by atoms with Gasteiger partial charge in [-0.25, -0.2) is 9.50 Å². The lowest BCUT2D eigenvalue weighted by atomic mass is 10.1. The van der Waals surface area contributed by atoms with Crippen molar-refractivity contribution in [3.8, 4) is 22.8 Å². The standard InChI is InChI=1S/C22H17F3N4O3/c1-31-15-8-6-14(7-9-15)27-21(30)17-12-26-29-19(22(23,24)25)11-18(28-20(17)29)13-4-3-5-16(10-13)32-2/h3-12H,1-2H3,(H,27,30). The first-order chi connectivity index (χ1) is 15.3. The van der Waals surface area contributed by atoms with Crippen molar-refractivity contribution in [1.29, 1.82) is 0 Å². The average molecular weight is 442 g/mol. The van der Waals surface area contributed by atoms with Gasteiger partial charge in [0.2, 0.25) is 0 Å². The van der Waals surface area contributed by atoms with Crippen LogP contribution in [0.5, 0.6) is 11.5 Å². The molecule has 0 unspecified atom stereocenters. The number of rotatable bonds is 5. The number of alkyl halides is 3. The average Bonchev–Trinajstić information content (AvgIpc) is 3.22. The maximum absolute atomic E-state index is 13.8. The van der Waals surface area contributed by atoms with Crippen LogP contribution in [0.1, 0.15) is 16.1 Å². The van der Waals surface area contributed by atoms with Gasteiger partial charge in [-0.3, -0.25) is 4.79 Å². The molecule has 0 fully saturated rings. The first-order valence-electron chi connectivity index (χ1n) is 9.36. The summed E-state index contributed by atoms with van der Waals surface area (Å²) in [5, 5.41) is 6.41. The summed E-state index contributed by atoms with van der Waals surface area (Å²) in [6, 6.07) is 13.9. The Labute approximate surface area is 180 Å². The van der Waals surface area contributed by atoms with Crippen LogP contribution in [0.3, 0.4) is 0 Å². The number of anilines is 1. The van der Waals surface area contributed by atoms with Gasteiger partial charge >= 0.3 is 6.18 Å². The Bertz CT molecular complexity index is 1280. The summed E-state index contributed by atoms with van der Waals surface area (Å²) in [4.78, 5) is 17.1. The first-order valence-corrected chi connectivity index (χ1v) is 9.36. The second-order valence-electron chi connectivity index (χ2n) is 6.73. The number of methoxy groups -OCH3 is 2. The summed E-state index contributed by atoms with van der Waals surface area (Å²) < 4.78 is 52.1. The number of nitrogens with one attached hydrogen (secondary N) is 1. The van der Waals surface area contributed by atoms with Crippen LogP contribution in [0, 0.1) is 0 Å². The maximum Gasteiger partial charge on any atom is 0.433 e. The molecule has 2 aromatic carbocycles. The molecular weight excluding hydrogens is 425 g/mol. The summed E-state index contributed by atoms with van der Waals surface area (Å²) in [7, 11) is 2.96. The highest BCUT2D eigenvalue weighted by molar-refractivity contribution is 6.08. The highest BCUT2D eigenvalue weighted by Crippen LogP contribution is 2.33. The molecule has 1 N–H and O–H groups in total. The van der Waals surface area contributed by atoms with E-state index in [4.69, 9.17) is 9.47 Å². The molecule has 0 aliphatic carbocycles. The number of fused-ring (bicyclic) bond motifs is 1. The fourth-order valence-corrected chi connectivity index (χ4v) is 3.13. The third kappa shape index (κ3) is 4.07. The van der Waals surface area contributed by atoms with Crippen molar-refractivity contribution in [3.05, 3.63) is 72.1 Å². The van der Waals surface area contributed by atoms with E-state index >= 15 is 0 Å². The monoisotopic (exact) mass is 442 g/mol. The molecule has 7 nitrogen and oxygen atoms in total. The van der Waals surface area contributed by atoms with Crippen molar-refractivity contribution in [2.45, 2.75) is 6.18 Å². The van der Waals surface area contributed by atoms with Crippen LogP contribution in [0.25, 0.3) is 16.9 Å². The number of carbonyl (C=O) groups is 1. The summed E-state index contributed by atoms with van der Waals surface area (Å²) in [5.41, 5.74) is -0.499. The second-order valence-corrected chi connectivity index (χ2v) is 6.73. The molecule has 0 saturated carbocycles. The van der Waals surface area contributed by atoms with Crippen LogP contribution in [0.15, 0.2) is 60.8 Å². The van der Waals surface area contributed by atoms with Gasteiger partial charge in [0.1, 0.15) is 17.1 Å². The van der Waals surface area contributed by atoms with Crippen LogP contribution >= 0.6 is 0 Å². The minimum atomic E-state index is -4.72. The van der Waals surface area contributed by atoms with Crippen LogP contribution in [0.2, 0.25) is 0 Å². The number of nitrogens with zero attached hydrogens (tertiary/aromatic N) is 3. The number of halogens is 3. The first kappa shape index (κ1) is 21.2. The Morgan fingerprint density at radius 2 is 1.72 bits per heavy atom. The van der Waals surface area contributed by atoms with Gasteiger partial charge in [0.15, 0.2) is 11.3 Å². The van der Waals surface area contributed by atoms with Gasteiger partial charge in [0.25, 0.3) is 5.91 Å². The van der Waals surface area contributed by atoms with Gasteiger partial charge in [-0.1, -0.05) is 12.1 Å². The van der Waals surface area contributed by atoms with E-state index in [9.17, 15) is 18.0 Å². The molecule has 0 saturated heterocycles. The molecule has 0 atom stereocenters. The van der Waals surface area contributed by atoms with E-state index in [0.29, 0.717) is 27.3 Å². The number of amides is 1. The predicted molar refractivity (Wildman–Crippen MR) is 111 cm³/mol. The minimum Gasteiger partial charge on any atom is -0.497 e. The van der Waals surface area contributed by atoms with Crippen molar-refractivity contribution in [2.75, 3.05) is 19.5 Å². The summed E-state index contributed by atoms with van der Waals surface area (Å²) in [6.45, 7) is 0. The van der Waals surface area contributed by atoms with Crippen molar-refractivity contribution >= 4 is 17.2 Å². The van der Waals surface area contributed by atoms with E-state index in [2.05, 4.69) is 15.4 Å². The van der Waals surface area contributed by atoms with Crippen molar-refractivity contribution < 1.29 is 27.4 Å². The molecule has 0 radical (unpaired) electrons. The number of carbonyl (C=O) groups excluding carboxylic acids is 1. The molecule has 32 heavy (non-hydrogen) atoms. The molecule has 10 heteroatoms. The second kappa shape index (κ2) is 8.22. The summed E-state index contributed by atoms with van der Waals surface area (Å²) >= 11 is 0. The molecule has 164 valence electrons. The SMILES string of the molecule is COc1ccc(NC(=O)c2cnn3c(C(F)(F)F)cc(-c4cccc(OC)c4)nc23)cc1. The van der Waals surface area contributed by atoms with Crippen LogP contribution in [-0.4, -0.2) is 34.7 Å². The van der Waals surface area contributed by atoms with Gasteiger partial charge < -0.3 is 14.8 Å². The Morgan fingerprint density at radius 3 is 2.38 bits per heavy atom. The van der Waals surface area contributed by atoms with Gasteiger partial charge in [0.05, 0.1) is 26.1 Å². The molecule has 2 aromatic heterocycles. The van der Waals surface area contributed by atoms with E-state index in [-0.39, 0.29) is 16.9 Å². The Morgan fingerprint density at radius 1 is 1.00 bits per heavy atom. The topological polar surface area (TPSA) is 77.8 Å². The Balaban J connectivity index is 1.80. The zero-order valence-electron chi connectivity index (χ0n) is 17.0. The smallest absolute Gasteiger partial charge is 0.433 e. The van der Waals surface area contributed by atoms with Crippen molar-refractivity contribution in [2.24, 2.45) is 0 Å². The summed E-state index contributed by atoms with van der Waals surface area (Å²) in [6.07, 6.45) is -3.66. The number of hydrogen-bond acceptors (Lipinski definition) is 5. The molecule has 0 spiro atoms. The van der Waals surface area contributed by atoms with Gasteiger partial charge in [0, 0.05) is 11.3 Å². The Kier molecular flexibility index (Phi) is 5.43. The predicted octanol–water partition coefficient (Wildman–Crippen LogP) is 4.68. The third-order valence-corrected chi connectivity index (χ3v) is 4.72. The van der Waals surface area contributed by atoms with Crippen LogP contribution < -0.4 is 14.8 Å². The van der Waals surface area contributed by atoms with Crippen molar-refractivity contribution in [3.63, 3.8) is 0 Å². The normalized spacial score (nSPS) is 11.4. The number of benzene rings is 2. The fourth-order valence-electron chi connectivity index (χ4n) is 3.13. The quantitative estimate of drug-likeness (QED) is 0.486. The Hall–Kier alpha value is -4.08. The van der Waals surface area contributed by atoms with Crippen LogP contribution in [-0.2, 0) is 6.18 Å². The zero-order chi connectivity index (χ0) is 22.9. The molecule has 4 rings (SSSR count). The lowest BCUT2D eigenvalue weighted by molar-refractivity contribution is -0.142. The lowest BCUT2D eigenvalue weighted by Gasteiger charge is -2.12. The molecule has 0 bridgehead atoms. The minimum absolute atomic E-state index is 0.0303. The number of ether oxygens (including phenoxy) is 2. The van der Waals surface area contributed by atoms with E-state index in [1.807, 2.05) is 0 Å². The van der Waals surface area contributed by atoms with E-state index in [1.54, 1.807) is 48.5 Å².